The van der Waals surface area contributed by atoms with Gasteiger partial charge in [-0.05, 0) is 31.2 Å². The molecule has 0 radical (unpaired) electrons. The molecule has 108 valence electrons. The Morgan fingerprint density at radius 3 is 2.95 bits per heavy atom. The van der Waals surface area contributed by atoms with E-state index in [1.807, 2.05) is 25.4 Å². The normalized spacial score (nSPS) is 12.3. The van der Waals surface area contributed by atoms with E-state index < -0.39 is 0 Å². The minimum Gasteiger partial charge on any atom is -0.497 e. The summed E-state index contributed by atoms with van der Waals surface area (Å²) in [5.41, 5.74) is 1.22. The molecule has 0 aliphatic rings. The summed E-state index contributed by atoms with van der Waals surface area (Å²) in [6.07, 6.45) is 6.06. The van der Waals surface area contributed by atoms with Gasteiger partial charge in [0.1, 0.15) is 11.6 Å². The summed E-state index contributed by atoms with van der Waals surface area (Å²) in [7, 11) is 3.68. The number of imidazole rings is 1. The fraction of sp³-hybridized carbons (Fsp3) is 0.438. The number of hydrogen-bond donors (Lipinski definition) is 1. The van der Waals surface area contributed by atoms with Crippen LogP contribution in [0.25, 0.3) is 0 Å². The van der Waals surface area contributed by atoms with Crippen molar-refractivity contribution in [3.63, 3.8) is 0 Å². The molecular formula is C16H23N3O. The second-order valence-corrected chi connectivity index (χ2v) is 4.86. The molecule has 4 nitrogen and oxygen atoms in total. The highest BCUT2D eigenvalue weighted by Gasteiger charge is 2.12. The van der Waals surface area contributed by atoms with E-state index in [1.54, 1.807) is 7.11 Å². The Morgan fingerprint density at radius 1 is 1.40 bits per heavy atom. The quantitative estimate of drug-likeness (QED) is 0.843. The van der Waals surface area contributed by atoms with E-state index in [0.717, 1.165) is 31.0 Å². The van der Waals surface area contributed by atoms with Crippen molar-refractivity contribution in [1.82, 2.24) is 14.9 Å². The minimum atomic E-state index is 0.245. The van der Waals surface area contributed by atoms with Crippen LogP contribution in [0.15, 0.2) is 36.7 Å². The average Bonchev–Trinajstić information content (AvgIpc) is 2.92. The summed E-state index contributed by atoms with van der Waals surface area (Å²) >= 11 is 0. The summed E-state index contributed by atoms with van der Waals surface area (Å²) < 4.78 is 7.53. The number of methoxy groups -OCH3 is 1. The number of benzene rings is 1. The average molecular weight is 273 g/mol. The van der Waals surface area contributed by atoms with Crippen LogP contribution in [0.5, 0.6) is 5.75 Å². The Labute approximate surface area is 120 Å². The predicted molar refractivity (Wildman–Crippen MR) is 81.0 cm³/mol. The molecule has 0 bridgehead atoms. The molecule has 0 saturated carbocycles. The van der Waals surface area contributed by atoms with Crippen molar-refractivity contribution >= 4 is 0 Å². The van der Waals surface area contributed by atoms with Gasteiger partial charge in [0.05, 0.1) is 13.2 Å². The first-order valence-corrected chi connectivity index (χ1v) is 7.09. The highest BCUT2D eigenvalue weighted by molar-refractivity contribution is 5.30. The van der Waals surface area contributed by atoms with Gasteiger partial charge in [0.15, 0.2) is 0 Å². The summed E-state index contributed by atoms with van der Waals surface area (Å²) in [6.45, 7) is 3.05. The van der Waals surface area contributed by atoms with Crippen LogP contribution in [0.1, 0.15) is 30.8 Å². The molecule has 1 aromatic carbocycles. The zero-order valence-electron chi connectivity index (χ0n) is 12.5. The van der Waals surface area contributed by atoms with Gasteiger partial charge >= 0.3 is 0 Å². The van der Waals surface area contributed by atoms with Crippen molar-refractivity contribution in [1.29, 1.82) is 0 Å². The van der Waals surface area contributed by atoms with Gasteiger partial charge in [0.25, 0.3) is 0 Å². The van der Waals surface area contributed by atoms with Crippen LogP contribution >= 0.6 is 0 Å². The Balaban J connectivity index is 2.17. The molecule has 0 fully saturated rings. The van der Waals surface area contributed by atoms with Crippen LogP contribution in [0, 0.1) is 0 Å². The zero-order chi connectivity index (χ0) is 14.4. The standard InChI is InChI=1S/C16H23N3O/c1-4-6-16-18-9-10-19(16)12-15(17-2)13-7-5-8-14(11-13)20-3/h5,7-11,15,17H,4,6,12H2,1-3H3. The second kappa shape index (κ2) is 7.10. The first kappa shape index (κ1) is 14.6. The first-order valence-electron chi connectivity index (χ1n) is 7.09. The van der Waals surface area contributed by atoms with Crippen molar-refractivity contribution in [2.75, 3.05) is 14.2 Å². The molecule has 0 amide bonds. The predicted octanol–water partition coefficient (Wildman–Crippen LogP) is 2.80. The van der Waals surface area contributed by atoms with Crippen molar-refractivity contribution in [3.8, 4) is 5.75 Å². The molecule has 0 spiro atoms. The summed E-state index contributed by atoms with van der Waals surface area (Å²) in [5, 5.41) is 3.37. The molecular weight excluding hydrogens is 250 g/mol. The maximum Gasteiger partial charge on any atom is 0.119 e. The van der Waals surface area contributed by atoms with Crippen molar-refractivity contribution in [2.45, 2.75) is 32.4 Å². The highest BCUT2D eigenvalue weighted by Crippen LogP contribution is 2.21. The number of aromatic nitrogens is 2. The second-order valence-electron chi connectivity index (χ2n) is 4.86. The summed E-state index contributed by atoms with van der Waals surface area (Å²) in [5.74, 6) is 2.04. The molecule has 1 atom stereocenters. The van der Waals surface area contributed by atoms with Gasteiger partial charge in [-0.25, -0.2) is 4.98 Å². The van der Waals surface area contributed by atoms with Gasteiger partial charge in [-0.15, -0.1) is 0 Å². The Hall–Kier alpha value is -1.81. The summed E-state index contributed by atoms with van der Waals surface area (Å²) in [4.78, 5) is 4.43. The lowest BCUT2D eigenvalue weighted by atomic mass is 10.1. The van der Waals surface area contributed by atoms with Gasteiger partial charge in [0.2, 0.25) is 0 Å². The molecule has 2 aromatic rings. The number of likely N-dealkylation sites (N-methyl/N-ethyl adjacent to an activating group) is 1. The Bertz CT molecular complexity index is 536. The van der Waals surface area contributed by atoms with Gasteiger partial charge in [0, 0.05) is 25.4 Å². The van der Waals surface area contributed by atoms with Crippen LogP contribution < -0.4 is 10.1 Å². The van der Waals surface area contributed by atoms with E-state index in [9.17, 15) is 0 Å². The van der Waals surface area contributed by atoms with Crippen molar-refractivity contribution in [3.05, 3.63) is 48.0 Å². The monoisotopic (exact) mass is 273 g/mol. The van der Waals surface area contributed by atoms with Gasteiger partial charge in [-0.3, -0.25) is 0 Å². The molecule has 2 rings (SSSR count). The number of nitrogens with zero attached hydrogens (tertiary/aromatic N) is 2. The third-order valence-electron chi connectivity index (χ3n) is 3.50. The molecule has 0 aliphatic carbocycles. The molecule has 4 heteroatoms. The number of rotatable bonds is 7. The van der Waals surface area contributed by atoms with Gasteiger partial charge < -0.3 is 14.6 Å². The SMILES string of the molecule is CCCc1nccn1CC(NC)c1cccc(OC)c1. The lowest BCUT2D eigenvalue weighted by Gasteiger charge is -2.19. The number of aryl methyl sites for hydroxylation is 1. The Morgan fingerprint density at radius 2 is 2.25 bits per heavy atom. The molecule has 20 heavy (non-hydrogen) atoms. The van der Waals surface area contributed by atoms with Crippen LogP contribution in [0.4, 0.5) is 0 Å². The maximum absolute atomic E-state index is 5.30. The fourth-order valence-corrected chi connectivity index (χ4v) is 2.38. The molecule has 1 unspecified atom stereocenters. The van der Waals surface area contributed by atoms with Crippen LogP contribution in [-0.2, 0) is 13.0 Å². The minimum absolute atomic E-state index is 0.245. The van der Waals surface area contributed by atoms with Gasteiger partial charge in [-0.1, -0.05) is 19.1 Å². The van der Waals surface area contributed by atoms with Crippen LogP contribution in [0.2, 0.25) is 0 Å². The van der Waals surface area contributed by atoms with E-state index in [0.29, 0.717) is 0 Å². The van der Waals surface area contributed by atoms with Crippen molar-refractivity contribution < 1.29 is 4.74 Å². The third-order valence-corrected chi connectivity index (χ3v) is 3.50. The van der Waals surface area contributed by atoms with E-state index >= 15 is 0 Å². The number of nitrogens with one attached hydrogen (secondary N) is 1. The van der Waals surface area contributed by atoms with E-state index in [1.165, 1.54) is 5.56 Å². The number of hydrogen-bond acceptors (Lipinski definition) is 3. The lowest BCUT2D eigenvalue weighted by molar-refractivity contribution is 0.412. The molecule has 1 heterocycles. The smallest absolute Gasteiger partial charge is 0.119 e. The van der Waals surface area contributed by atoms with Gasteiger partial charge in [-0.2, -0.15) is 0 Å². The third kappa shape index (κ3) is 3.39. The molecule has 0 aliphatic heterocycles. The first-order chi connectivity index (χ1) is 9.78. The molecule has 1 aromatic heterocycles. The van der Waals surface area contributed by atoms with Crippen LogP contribution in [0.3, 0.4) is 0 Å². The Kier molecular flexibility index (Phi) is 5.18. The number of ether oxygens (including phenoxy) is 1. The molecule has 0 saturated heterocycles. The van der Waals surface area contributed by atoms with Crippen LogP contribution in [-0.4, -0.2) is 23.7 Å². The largest absolute Gasteiger partial charge is 0.497 e. The highest BCUT2D eigenvalue weighted by atomic mass is 16.5. The summed E-state index contributed by atoms with van der Waals surface area (Å²) in [6, 6.07) is 8.45. The van der Waals surface area contributed by atoms with Crippen molar-refractivity contribution in [2.24, 2.45) is 0 Å². The lowest BCUT2D eigenvalue weighted by Crippen LogP contribution is -2.22. The van der Waals surface area contributed by atoms with E-state index in [2.05, 4.69) is 40.1 Å². The fourth-order valence-electron chi connectivity index (χ4n) is 2.38. The van der Waals surface area contributed by atoms with E-state index in [-0.39, 0.29) is 6.04 Å². The maximum atomic E-state index is 5.30. The zero-order valence-corrected chi connectivity index (χ0v) is 12.5. The molecule has 1 N–H and O–H groups in total. The van der Waals surface area contributed by atoms with E-state index in [4.69, 9.17) is 4.74 Å². The topological polar surface area (TPSA) is 39.1 Å².